The molecule has 0 saturated heterocycles. The number of hydrogen-bond acceptors (Lipinski definition) is 7. The zero-order chi connectivity index (χ0) is 21.3. The first kappa shape index (κ1) is 22.1. The molecule has 0 atom stereocenters. The topological polar surface area (TPSA) is 93.2 Å². The van der Waals surface area contributed by atoms with Crippen molar-refractivity contribution in [1.29, 1.82) is 0 Å². The summed E-state index contributed by atoms with van der Waals surface area (Å²) in [6.45, 7) is 1.92. The Kier molecular flexibility index (Phi) is 8.06. The average Bonchev–Trinajstić information content (AvgIpc) is 3.19. The largest absolute Gasteiger partial charge is 0.484 e. The van der Waals surface area contributed by atoms with Crippen molar-refractivity contribution in [3.05, 3.63) is 59.1 Å². The zero-order valence-electron chi connectivity index (χ0n) is 16.1. The van der Waals surface area contributed by atoms with Gasteiger partial charge in [-0.1, -0.05) is 53.8 Å². The van der Waals surface area contributed by atoms with Crippen molar-refractivity contribution in [3.8, 4) is 5.75 Å². The average molecular weight is 463 g/mol. The van der Waals surface area contributed by atoms with E-state index in [1.165, 1.54) is 28.7 Å². The number of nitrogens with one attached hydrogen (secondary N) is 2. The minimum absolute atomic E-state index is 0.138. The first-order chi connectivity index (χ1) is 14.5. The van der Waals surface area contributed by atoms with Crippen LogP contribution >= 0.6 is 34.7 Å². The van der Waals surface area contributed by atoms with Crippen LogP contribution in [-0.4, -0.2) is 34.4 Å². The molecule has 10 heteroatoms. The summed E-state index contributed by atoms with van der Waals surface area (Å²) < 4.78 is 5.96. The lowest BCUT2D eigenvalue weighted by atomic mass is 10.1. The van der Waals surface area contributed by atoms with E-state index in [-0.39, 0.29) is 24.2 Å². The van der Waals surface area contributed by atoms with Gasteiger partial charge in [0.05, 0.1) is 5.75 Å². The summed E-state index contributed by atoms with van der Waals surface area (Å²) in [6, 6.07) is 14.5. The minimum Gasteiger partial charge on any atom is -0.484 e. The van der Waals surface area contributed by atoms with E-state index < -0.39 is 0 Å². The highest BCUT2D eigenvalue weighted by atomic mass is 35.5. The van der Waals surface area contributed by atoms with Crippen LogP contribution in [0.25, 0.3) is 0 Å². The van der Waals surface area contributed by atoms with Crippen LogP contribution < -0.4 is 15.4 Å². The number of benzene rings is 2. The molecule has 0 fully saturated rings. The monoisotopic (exact) mass is 462 g/mol. The molecule has 2 amide bonds. The normalized spacial score (nSPS) is 10.5. The van der Waals surface area contributed by atoms with E-state index in [1.807, 2.05) is 24.3 Å². The van der Waals surface area contributed by atoms with E-state index in [0.717, 1.165) is 12.1 Å². The number of aryl methyl sites for hydroxylation is 1. The van der Waals surface area contributed by atoms with E-state index in [4.69, 9.17) is 16.3 Å². The lowest BCUT2D eigenvalue weighted by Crippen LogP contribution is -2.20. The van der Waals surface area contributed by atoms with Crippen LogP contribution in [0.2, 0.25) is 5.02 Å². The van der Waals surface area contributed by atoms with Crippen molar-refractivity contribution in [2.45, 2.75) is 17.7 Å². The summed E-state index contributed by atoms with van der Waals surface area (Å²) in [5.41, 5.74) is 1.97. The Morgan fingerprint density at radius 1 is 1.03 bits per heavy atom. The number of anilines is 2. The smallest absolute Gasteiger partial charge is 0.264 e. The highest BCUT2D eigenvalue weighted by molar-refractivity contribution is 8.01. The lowest BCUT2D eigenvalue weighted by molar-refractivity contribution is -0.118. The van der Waals surface area contributed by atoms with Gasteiger partial charge in [-0.05, 0) is 48.4 Å². The van der Waals surface area contributed by atoms with E-state index in [0.29, 0.717) is 20.2 Å². The van der Waals surface area contributed by atoms with Crippen molar-refractivity contribution in [1.82, 2.24) is 10.2 Å². The number of halogens is 1. The second kappa shape index (κ2) is 11.0. The van der Waals surface area contributed by atoms with Crippen molar-refractivity contribution in [2.24, 2.45) is 0 Å². The van der Waals surface area contributed by atoms with E-state index >= 15 is 0 Å². The fourth-order valence-electron chi connectivity index (χ4n) is 2.30. The summed E-state index contributed by atoms with van der Waals surface area (Å²) in [5.74, 6) is 0.239. The molecule has 0 bridgehead atoms. The van der Waals surface area contributed by atoms with Crippen LogP contribution in [0.5, 0.6) is 5.75 Å². The van der Waals surface area contributed by atoms with Crippen molar-refractivity contribution in [3.63, 3.8) is 0 Å². The molecule has 30 heavy (non-hydrogen) atoms. The minimum atomic E-state index is -0.356. The van der Waals surface area contributed by atoms with Gasteiger partial charge in [0, 0.05) is 10.7 Å². The fourth-order valence-corrected chi connectivity index (χ4v) is 4.00. The fraction of sp³-hybridized carbons (Fsp3) is 0.200. The van der Waals surface area contributed by atoms with Crippen LogP contribution in [0.15, 0.2) is 52.9 Å². The maximum Gasteiger partial charge on any atom is 0.264 e. The maximum absolute atomic E-state index is 12.1. The van der Waals surface area contributed by atoms with Gasteiger partial charge in [-0.15, -0.1) is 10.2 Å². The van der Waals surface area contributed by atoms with Crippen molar-refractivity contribution in [2.75, 3.05) is 23.0 Å². The van der Waals surface area contributed by atoms with Gasteiger partial charge in [0.1, 0.15) is 5.75 Å². The van der Waals surface area contributed by atoms with E-state index in [1.54, 1.807) is 24.3 Å². The standard InChI is InChI=1S/C20H19ClN4O3S2/c1-2-13-3-7-15(8-4-13)22-18(27)12-29-20-25-24-19(30-20)23-17(26)11-28-16-9-5-14(21)6-10-16/h3-10H,2,11-12H2,1H3,(H,22,27)(H,23,24,26). The SMILES string of the molecule is CCc1ccc(NC(=O)CSc2nnc(NC(=O)COc3ccc(Cl)cc3)s2)cc1. The number of thioether (sulfide) groups is 1. The number of carbonyl (C=O) groups excluding carboxylic acids is 2. The molecule has 2 N–H and O–H groups in total. The third-order valence-corrected chi connectivity index (χ3v) is 6.03. The molecule has 0 aliphatic carbocycles. The number of ether oxygens (including phenoxy) is 1. The van der Waals surface area contributed by atoms with Crippen molar-refractivity contribution >= 4 is 57.3 Å². The Morgan fingerprint density at radius 3 is 2.47 bits per heavy atom. The van der Waals surface area contributed by atoms with Gasteiger partial charge >= 0.3 is 0 Å². The van der Waals surface area contributed by atoms with Crippen molar-refractivity contribution < 1.29 is 14.3 Å². The summed E-state index contributed by atoms with van der Waals surface area (Å²) in [5, 5.41) is 14.3. The second-order valence-corrected chi connectivity index (χ2v) is 8.69. The molecular formula is C20H19ClN4O3S2. The van der Waals surface area contributed by atoms with Gasteiger partial charge in [-0.25, -0.2) is 0 Å². The number of hydrogen-bond donors (Lipinski definition) is 2. The van der Waals surface area contributed by atoms with Crippen LogP contribution in [0.1, 0.15) is 12.5 Å². The molecule has 0 aliphatic heterocycles. The number of amides is 2. The number of rotatable bonds is 9. The molecule has 1 aromatic heterocycles. The second-order valence-electron chi connectivity index (χ2n) is 6.05. The Hall–Kier alpha value is -2.62. The van der Waals surface area contributed by atoms with Crippen LogP contribution in [0.4, 0.5) is 10.8 Å². The molecule has 3 rings (SSSR count). The molecule has 0 saturated carbocycles. The molecule has 2 aromatic carbocycles. The summed E-state index contributed by atoms with van der Waals surface area (Å²) in [6.07, 6.45) is 0.952. The van der Waals surface area contributed by atoms with Gasteiger partial charge in [0.25, 0.3) is 5.91 Å². The van der Waals surface area contributed by atoms with Gasteiger partial charge < -0.3 is 10.1 Å². The molecule has 0 radical (unpaired) electrons. The molecule has 0 unspecified atom stereocenters. The first-order valence-electron chi connectivity index (χ1n) is 9.05. The molecule has 0 spiro atoms. The molecule has 7 nitrogen and oxygen atoms in total. The Bertz CT molecular complexity index is 994. The molecule has 156 valence electrons. The predicted octanol–water partition coefficient (Wildman–Crippen LogP) is 4.50. The third-order valence-electron chi connectivity index (χ3n) is 3.81. The van der Waals surface area contributed by atoms with Gasteiger partial charge in [-0.2, -0.15) is 0 Å². The van der Waals surface area contributed by atoms with Gasteiger partial charge in [0.2, 0.25) is 11.0 Å². The molecule has 1 heterocycles. The highest BCUT2D eigenvalue weighted by Crippen LogP contribution is 2.25. The van der Waals surface area contributed by atoms with Crippen LogP contribution in [0, 0.1) is 0 Å². The number of aromatic nitrogens is 2. The predicted molar refractivity (Wildman–Crippen MR) is 121 cm³/mol. The van der Waals surface area contributed by atoms with Crippen LogP contribution in [-0.2, 0) is 16.0 Å². The molecule has 0 aliphatic rings. The Morgan fingerprint density at radius 2 is 1.77 bits per heavy atom. The summed E-state index contributed by atoms with van der Waals surface area (Å²) >= 11 is 8.25. The summed E-state index contributed by atoms with van der Waals surface area (Å²) in [7, 11) is 0. The third kappa shape index (κ3) is 7.01. The van der Waals surface area contributed by atoms with Crippen LogP contribution in [0.3, 0.4) is 0 Å². The Balaban J connectivity index is 1.41. The number of carbonyl (C=O) groups is 2. The summed E-state index contributed by atoms with van der Waals surface area (Å²) in [4.78, 5) is 24.1. The maximum atomic E-state index is 12.1. The molecule has 3 aromatic rings. The Labute approximate surface area is 187 Å². The highest BCUT2D eigenvalue weighted by Gasteiger charge is 2.11. The molecular weight excluding hydrogens is 444 g/mol. The first-order valence-corrected chi connectivity index (χ1v) is 11.2. The van der Waals surface area contributed by atoms with E-state index in [2.05, 4.69) is 27.8 Å². The quantitative estimate of drug-likeness (QED) is 0.359. The van der Waals surface area contributed by atoms with Gasteiger partial charge in [0.15, 0.2) is 10.9 Å². The lowest BCUT2D eigenvalue weighted by Gasteiger charge is -2.05. The van der Waals surface area contributed by atoms with Gasteiger partial charge in [-0.3, -0.25) is 14.9 Å². The van der Waals surface area contributed by atoms with E-state index in [9.17, 15) is 9.59 Å². The zero-order valence-corrected chi connectivity index (χ0v) is 18.4. The number of nitrogens with zero attached hydrogens (tertiary/aromatic N) is 2.